The highest BCUT2D eigenvalue weighted by atomic mass is 14.9. The van der Waals surface area contributed by atoms with Crippen molar-refractivity contribution in [3.63, 3.8) is 0 Å². The van der Waals surface area contributed by atoms with E-state index in [0.29, 0.717) is 17.9 Å². The molecule has 1 saturated carbocycles. The summed E-state index contributed by atoms with van der Waals surface area (Å²) in [4.78, 5) is 4.25. The van der Waals surface area contributed by atoms with Crippen LogP contribution in [-0.4, -0.2) is 17.6 Å². The van der Waals surface area contributed by atoms with E-state index in [2.05, 4.69) is 37.1 Å². The Balaban J connectivity index is 2.24. The molecule has 1 aromatic rings. The minimum atomic E-state index is 0.563. The van der Waals surface area contributed by atoms with Crippen LogP contribution in [0.5, 0.6) is 0 Å². The first-order valence-electron chi connectivity index (χ1n) is 6.59. The molecule has 94 valence electrons. The van der Waals surface area contributed by atoms with Gasteiger partial charge in [-0.05, 0) is 49.8 Å². The van der Waals surface area contributed by atoms with Gasteiger partial charge in [-0.1, -0.05) is 13.8 Å². The molecule has 0 amide bonds. The van der Waals surface area contributed by atoms with Gasteiger partial charge in [-0.3, -0.25) is 0 Å². The van der Waals surface area contributed by atoms with Crippen LogP contribution >= 0.6 is 0 Å². The van der Waals surface area contributed by atoms with Gasteiger partial charge in [0.15, 0.2) is 0 Å². The molecule has 0 bridgehead atoms. The summed E-state index contributed by atoms with van der Waals surface area (Å²) in [6.45, 7) is 7.69. The molecule has 3 N–H and O–H groups in total. The predicted molar refractivity (Wildman–Crippen MR) is 72.0 cm³/mol. The van der Waals surface area contributed by atoms with Crippen molar-refractivity contribution in [3.8, 4) is 0 Å². The lowest BCUT2D eigenvalue weighted by Gasteiger charge is -2.23. The van der Waals surface area contributed by atoms with Crippen LogP contribution in [0, 0.1) is 12.8 Å². The molecule has 1 fully saturated rings. The predicted octanol–water partition coefficient (Wildman–Crippen LogP) is 2.46. The molecule has 0 saturated heterocycles. The Morgan fingerprint density at radius 2 is 2.24 bits per heavy atom. The van der Waals surface area contributed by atoms with Crippen molar-refractivity contribution in [1.29, 1.82) is 0 Å². The molecule has 17 heavy (non-hydrogen) atoms. The smallest absolute Gasteiger partial charge is 0.127 e. The molecule has 0 spiro atoms. The van der Waals surface area contributed by atoms with E-state index in [9.17, 15) is 0 Å². The Morgan fingerprint density at radius 3 is 2.88 bits per heavy atom. The summed E-state index contributed by atoms with van der Waals surface area (Å²) in [6, 6.07) is 2.70. The zero-order valence-corrected chi connectivity index (χ0v) is 11.0. The van der Waals surface area contributed by atoms with Gasteiger partial charge in [0, 0.05) is 17.8 Å². The number of rotatable bonds is 3. The summed E-state index contributed by atoms with van der Waals surface area (Å²) in [6.07, 6.45) is 4.26. The number of aryl methyl sites for hydroxylation is 1. The lowest BCUT2D eigenvalue weighted by Crippen LogP contribution is -2.32. The Labute approximate surface area is 104 Å². The van der Waals surface area contributed by atoms with E-state index in [4.69, 9.17) is 5.73 Å². The summed E-state index contributed by atoms with van der Waals surface area (Å²) < 4.78 is 0. The second-order valence-corrected chi connectivity index (χ2v) is 5.13. The fourth-order valence-corrected chi connectivity index (χ4v) is 3.20. The quantitative estimate of drug-likeness (QED) is 0.843. The Bertz CT molecular complexity index is 369. The fourth-order valence-electron chi connectivity index (χ4n) is 3.20. The van der Waals surface area contributed by atoms with E-state index in [1.54, 1.807) is 6.20 Å². The Morgan fingerprint density at radius 1 is 1.47 bits per heavy atom. The number of nitrogens with one attached hydrogen (secondary N) is 1. The molecule has 3 atom stereocenters. The number of hydrogen-bond acceptors (Lipinski definition) is 3. The highest BCUT2D eigenvalue weighted by molar-refractivity contribution is 5.47. The maximum Gasteiger partial charge on any atom is 0.127 e. The molecule has 3 nitrogen and oxygen atoms in total. The van der Waals surface area contributed by atoms with Crippen LogP contribution < -0.4 is 11.1 Å². The number of pyridine rings is 1. The maximum atomic E-state index is 6.05. The van der Waals surface area contributed by atoms with Crippen LogP contribution in [0.2, 0.25) is 0 Å². The monoisotopic (exact) mass is 233 g/mol. The molecule has 1 aliphatic carbocycles. The van der Waals surface area contributed by atoms with E-state index in [1.165, 1.54) is 24.0 Å². The topological polar surface area (TPSA) is 50.9 Å². The first-order chi connectivity index (χ1) is 8.15. The van der Waals surface area contributed by atoms with Crippen LogP contribution in [0.15, 0.2) is 12.3 Å². The molecule has 0 radical (unpaired) electrons. The molecule has 3 heteroatoms. The van der Waals surface area contributed by atoms with E-state index < -0.39 is 0 Å². The van der Waals surface area contributed by atoms with Crippen molar-refractivity contribution >= 4 is 5.82 Å². The largest absolute Gasteiger partial charge is 0.383 e. The van der Waals surface area contributed by atoms with E-state index >= 15 is 0 Å². The van der Waals surface area contributed by atoms with Gasteiger partial charge in [-0.2, -0.15) is 0 Å². The van der Waals surface area contributed by atoms with Gasteiger partial charge < -0.3 is 11.1 Å². The Kier molecular flexibility index (Phi) is 3.67. The molecule has 0 aliphatic heterocycles. The summed E-state index contributed by atoms with van der Waals surface area (Å²) in [7, 11) is 0. The van der Waals surface area contributed by atoms with Crippen LogP contribution in [0.25, 0.3) is 0 Å². The molecule has 1 aliphatic rings. The third-order valence-electron chi connectivity index (χ3n) is 4.13. The normalized spacial score (nSPS) is 28.5. The third kappa shape index (κ3) is 2.29. The van der Waals surface area contributed by atoms with Crippen molar-refractivity contribution < 1.29 is 0 Å². The highest BCUT2D eigenvalue weighted by Crippen LogP contribution is 2.42. The molecule has 0 aromatic carbocycles. The van der Waals surface area contributed by atoms with Gasteiger partial charge in [-0.15, -0.1) is 0 Å². The molecule has 3 unspecified atom stereocenters. The highest BCUT2D eigenvalue weighted by Gasteiger charge is 2.34. The average molecular weight is 233 g/mol. The van der Waals surface area contributed by atoms with Gasteiger partial charge in [0.25, 0.3) is 0 Å². The summed E-state index contributed by atoms with van der Waals surface area (Å²) in [5, 5.41) is 3.57. The maximum absolute atomic E-state index is 6.05. The zero-order chi connectivity index (χ0) is 12.4. The van der Waals surface area contributed by atoms with Gasteiger partial charge >= 0.3 is 0 Å². The second-order valence-electron chi connectivity index (χ2n) is 5.13. The van der Waals surface area contributed by atoms with Crippen molar-refractivity contribution in [3.05, 3.63) is 23.4 Å². The Hall–Kier alpha value is -1.09. The van der Waals surface area contributed by atoms with Gasteiger partial charge in [0.1, 0.15) is 5.82 Å². The molecular weight excluding hydrogens is 210 g/mol. The number of nitrogens with two attached hydrogens (primary N) is 1. The van der Waals surface area contributed by atoms with E-state index in [-0.39, 0.29) is 0 Å². The van der Waals surface area contributed by atoms with Gasteiger partial charge in [0.2, 0.25) is 0 Å². The third-order valence-corrected chi connectivity index (χ3v) is 4.13. The van der Waals surface area contributed by atoms with Crippen LogP contribution in [0.1, 0.15) is 43.7 Å². The number of nitrogens with zero attached hydrogens (tertiary/aromatic N) is 1. The molecule has 1 aromatic heterocycles. The van der Waals surface area contributed by atoms with Gasteiger partial charge in [-0.25, -0.2) is 4.98 Å². The van der Waals surface area contributed by atoms with E-state index in [0.717, 1.165) is 12.4 Å². The van der Waals surface area contributed by atoms with Crippen molar-refractivity contribution in [2.75, 3.05) is 12.3 Å². The minimum Gasteiger partial charge on any atom is -0.383 e. The van der Waals surface area contributed by atoms with Crippen LogP contribution in [0.4, 0.5) is 5.82 Å². The molecule has 1 heterocycles. The van der Waals surface area contributed by atoms with Crippen molar-refractivity contribution in [1.82, 2.24) is 10.3 Å². The van der Waals surface area contributed by atoms with Gasteiger partial charge in [0.05, 0.1) is 0 Å². The minimum absolute atomic E-state index is 0.563. The van der Waals surface area contributed by atoms with Crippen LogP contribution in [-0.2, 0) is 0 Å². The SMILES string of the molecule is CCNC1CCC(c2c(C)ccnc2N)C1C. The first-order valence-corrected chi connectivity index (χ1v) is 6.59. The van der Waals surface area contributed by atoms with Crippen LogP contribution in [0.3, 0.4) is 0 Å². The standard InChI is InChI=1S/C14H23N3/c1-4-16-12-6-5-11(10(12)3)13-9(2)7-8-17-14(13)15/h7-8,10-12,16H,4-6H2,1-3H3,(H2,15,17). The number of anilines is 1. The molecular formula is C14H23N3. The van der Waals surface area contributed by atoms with Crippen molar-refractivity contribution in [2.45, 2.75) is 45.6 Å². The number of aromatic nitrogens is 1. The average Bonchev–Trinajstić information content (AvgIpc) is 2.62. The number of hydrogen-bond donors (Lipinski definition) is 2. The second kappa shape index (κ2) is 5.05. The summed E-state index contributed by atoms with van der Waals surface area (Å²) in [5.41, 5.74) is 8.61. The summed E-state index contributed by atoms with van der Waals surface area (Å²) in [5.74, 6) is 1.92. The number of nitrogen functional groups attached to an aromatic ring is 1. The van der Waals surface area contributed by atoms with Crippen molar-refractivity contribution in [2.24, 2.45) is 5.92 Å². The zero-order valence-electron chi connectivity index (χ0n) is 11.0. The lowest BCUT2D eigenvalue weighted by molar-refractivity contribution is 0.411. The molecule has 2 rings (SSSR count). The summed E-state index contributed by atoms with van der Waals surface area (Å²) >= 11 is 0. The fraction of sp³-hybridized carbons (Fsp3) is 0.643. The first kappa shape index (κ1) is 12.4. The lowest BCUT2D eigenvalue weighted by atomic mass is 9.86. The van der Waals surface area contributed by atoms with E-state index in [1.807, 2.05) is 0 Å².